The second kappa shape index (κ2) is 9.01. The maximum absolute atomic E-state index is 11.4. The molecule has 4 rings (SSSR count). The summed E-state index contributed by atoms with van der Waals surface area (Å²) in [6, 6.07) is 11.6. The lowest BCUT2D eigenvalue weighted by Gasteiger charge is -2.36. The van der Waals surface area contributed by atoms with Gasteiger partial charge in [0.25, 0.3) is 0 Å². The highest BCUT2D eigenvalue weighted by Crippen LogP contribution is 2.34. The summed E-state index contributed by atoms with van der Waals surface area (Å²) in [4.78, 5) is 15.8. The topological polar surface area (TPSA) is 58.9 Å². The summed E-state index contributed by atoms with van der Waals surface area (Å²) in [5, 5.41) is 12.1. The van der Waals surface area contributed by atoms with Gasteiger partial charge < -0.3 is 9.64 Å². The van der Waals surface area contributed by atoms with Gasteiger partial charge in [-0.3, -0.25) is 15.0 Å². The van der Waals surface area contributed by atoms with Gasteiger partial charge in [0.2, 0.25) is 0 Å². The van der Waals surface area contributed by atoms with Gasteiger partial charge in [0, 0.05) is 49.5 Å². The number of fused-ring (bicyclic) bond motifs is 1. The van der Waals surface area contributed by atoms with Gasteiger partial charge in [-0.15, -0.1) is 0 Å². The average Bonchev–Trinajstić information content (AvgIpc) is 3.18. The van der Waals surface area contributed by atoms with E-state index in [4.69, 9.17) is 16.3 Å². The molecular formula is C22H26ClN3O3. The van der Waals surface area contributed by atoms with Crippen molar-refractivity contribution in [2.24, 2.45) is 0 Å². The van der Waals surface area contributed by atoms with Crippen molar-refractivity contribution in [3.63, 3.8) is 0 Å². The molecule has 0 unspecified atom stereocenters. The first-order valence-corrected chi connectivity index (χ1v) is 10.6. The van der Waals surface area contributed by atoms with Crippen LogP contribution in [0.2, 0.25) is 5.02 Å². The van der Waals surface area contributed by atoms with Crippen molar-refractivity contribution >= 4 is 23.0 Å². The summed E-state index contributed by atoms with van der Waals surface area (Å²) < 4.78 is 5.82. The minimum Gasteiger partial charge on any atom is -0.487 e. The lowest BCUT2D eigenvalue weighted by molar-refractivity contribution is -0.385. The zero-order valence-electron chi connectivity index (χ0n) is 16.5. The van der Waals surface area contributed by atoms with Crippen LogP contribution in [0.1, 0.15) is 24.0 Å². The third-order valence-corrected chi connectivity index (χ3v) is 6.03. The van der Waals surface area contributed by atoms with Crippen LogP contribution in [0.5, 0.6) is 5.75 Å². The molecule has 0 aromatic heterocycles. The van der Waals surface area contributed by atoms with Crippen LogP contribution in [-0.4, -0.2) is 49.2 Å². The molecule has 1 fully saturated rings. The minimum absolute atomic E-state index is 0.0980. The fraction of sp³-hybridized carbons (Fsp3) is 0.455. The molecule has 0 radical (unpaired) electrons. The molecule has 2 aromatic rings. The van der Waals surface area contributed by atoms with E-state index in [1.54, 1.807) is 6.07 Å². The standard InChI is InChI=1S/C22H26ClN3O3/c23-19-6-2-7-20(16-19)25-11-9-24(10-12-25)8-3-13-29-22-15-18-5-1-4-17(18)14-21(22)26(27)28/h2,6-7,14-16H,1,3-5,8-13H2. The van der Waals surface area contributed by atoms with Crippen molar-refractivity contribution in [1.29, 1.82) is 0 Å². The Morgan fingerprint density at radius 1 is 1.07 bits per heavy atom. The smallest absolute Gasteiger partial charge is 0.311 e. The fourth-order valence-electron chi connectivity index (χ4n) is 4.22. The zero-order chi connectivity index (χ0) is 20.2. The fourth-order valence-corrected chi connectivity index (χ4v) is 4.40. The Hall–Kier alpha value is -2.31. The molecule has 0 bridgehead atoms. The Morgan fingerprint density at radius 2 is 1.83 bits per heavy atom. The lowest BCUT2D eigenvalue weighted by Crippen LogP contribution is -2.46. The number of nitro benzene ring substituents is 1. The molecule has 1 saturated heterocycles. The van der Waals surface area contributed by atoms with Crippen molar-refractivity contribution < 1.29 is 9.66 Å². The summed E-state index contributed by atoms with van der Waals surface area (Å²) in [7, 11) is 0. The predicted molar refractivity (Wildman–Crippen MR) is 115 cm³/mol. The minimum atomic E-state index is -0.330. The first-order valence-electron chi connectivity index (χ1n) is 10.3. The zero-order valence-corrected chi connectivity index (χ0v) is 17.2. The van der Waals surface area contributed by atoms with Crippen molar-refractivity contribution in [3.05, 3.63) is 62.7 Å². The lowest BCUT2D eigenvalue weighted by atomic mass is 10.1. The van der Waals surface area contributed by atoms with E-state index in [0.29, 0.717) is 12.4 Å². The van der Waals surface area contributed by atoms with Gasteiger partial charge in [0.1, 0.15) is 0 Å². The molecule has 2 aromatic carbocycles. The highest BCUT2D eigenvalue weighted by Gasteiger charge is 2.22. The molecule has 1 aliphatic carbocycles. The number of nitrogens with zero attached hydrogens (tertiary/aromatic N) is 3. The molecule has 1 aliphatic heterocycles. The van der Waals surface area contributed by atoms with Gasteiger partial charge in [0.15, 0.2) is 5.75 Å². The molecule has 0 atom stereocenters. The molecule has 0 saturated carbocycles. The van der Waals surface area contributed by atoms with E-state index >= 15 is 0 Å². The first-order chi connectivity index (χ1) is 14.1. The molecular weight excluding hydrogens is 390 g/mol. The van der Waals surface area contributed by atoms with E-state index in [9.17, 15) is 10.1 Å². The number of benzene rings is 2. The van der Waals surface area contributed by atoms with Gasteiger partial charge in [-0.05, 0) is 61.1 Å². The van der Waals surface area contributed by atoms with Gasteiger partial charge in [-0.1, -0.05) is 17.7 Å². The number of rotatable bonds is 7. The van der Waals surface area contributed by atoms with E-state index in [2.05, 4.69) is 15.9 Å². The molecule has 0 amide bonds. The molecule has 154 valence electrons. The second-order valence-electron chi connectivity index (χ2n) is 7.71. The molecule has 1 heterocycles. The monoisotopic (exact) mass is 415 g/mol. The Bertz CT molecular complexity index is 882. The summed E-state index contributed by atoms with van der Waals surface area (Å²) in [5.41, 5.74) is 3.56. The van der Waals surface area contributed by atoms with Crippen LogP contribution in [-0.2, 0) is 12.8 Å². The van der Waals surface area contributed by atoms with Gasteiger partial charge in [0.05, 0.1) is 11.5 Å². The van der Waals surface area contributed by atoms with E-state index in [1.807, 2.05) is 24.3 Å². The van der Waals surface area contributed by atoms with Crippen LogP contribution >= 0.6 is 11.6 Å². The Kier molecular flexibility index (Phi) is 6.21. The van der Waals surface area contributed by atoms with E-state index in [0.717, 1.165) is 69.0 Å². The van der Waals surface area contributed by atoms with Crippen LogP contribution in [0.3, 0.4) is 0 Å². The highest BCUT2D eigenvalue weighted by atomic mass is 35.5. The average molecular weight is 416 g/mol. The molecule has 0 N–H and O–H groups in total. The Morgan fingerprint density at radius 3 is 2.55 bits per heavy atom. The van der Waals surface area contributed by atoms with Gasteiger partial charge in [-0.25, -0.2) is 0 Å². The van der Waals surface area contributed by atoms with E-state index in [-0.39, 0.29) is 10.6 Å². The van der Waals surface area contributed by atoms with Crippen molar-refractivity contribution in [1.82, 2.24) is 4.90 Å². The number of ether oxygens (including phenoxy) is 1. The van der Waals surface area contributed by atoms with E-state index in [1.165, 1.54) is 11.3 Å². The molecule has 7 heteroatoms. The number of piperazine rings is 1. The summed E-state index contributed by atoms with van der Waals surface area (Å²) in [6.45, 7) is 5.35. The number of hydrogen-bond acceptors (Lipinski definition) is 5. The van der Waals surface area contributed by atoms with Gasteiger partial charge in [-0.2, -0.15) is 0 Å². The number of nitro groups is 1. The Balaban J connectivity index is 1.24. The number of halogens is 1. The van der Waals surface area contributed by atoms with Crippen molar-refractivity contribution in [3.8, 4) is 5.75 Å². The van der Waals surface area contributed by atoms with Crippen LogP contribution in [0.15, 0.2) is 36.4 Å². The largest absolute Gasteiger partial charge is 0.487 e. The number of aryl methyl sites for hydroxylation is 2. The predicted octanol–water partition coefficient (Wildman–Crippen LogP) is 4.33. The molecule has 29 heavy (non-hydrogen) atoms. The third-order valence-electron chi connectivity index (χ3n) is 5.79. The highest BCUT2D eigenvalue weighted by molar-refractivity contribution is 6.30. The number of hydrogen-bond donors (Lipinski definition) is 0. The maximum atomic E-state index is 11.4. The van der Waals surface area contributed by atoms with Crippen LogP contribution < -0.4 is 9.64 Å². The van der Waals surface area contributed by atoms with Crippen LogP contribution in [0.25, 0.3) is 0 Å². The van der Waals surface area contributed by atoms with Gasteiger partial charge >= 0.3 is 5.69 Å². The summed E-state index contributed by atoms with van der Waals surface area (Å²) >= 11 is 6.10. The SMILES string of the molecule is O=[N+]([O-])c1cc2c(cc1OCCCN1CCN(c3cccc(Cl)c3)CC1)CCC2. The third kappa shape index (κ3) is 4.82. The van der Waals surface area contributed by atoms with Crippen molar-refractivity contribution in [2.75, 3.05) is 44.2 Å². The molecule has 0 spiro atoms. The quantitative estimate of drug-likeness (QED) is 0.382. The van der Waals surface area contributed by atoms with E-state index < -0.39 is 0 Å². The number of anilines is 1. The Labute approximate surface area is 176 Å². The van der Waals surface area contributed by atoms with Crippen LogP contribution in [0, 0.1) is 10.1 Å². The molecule has 6 nitrogen and oxygen atoms in total. The normalized spacial score (nSPS) is 16.7. The maximum Gasteiger partial charge on any atom is 0.311 e. The first kappa shape index (κ1) is 20.0. The summed E-state index contributed by atoms with van der Waals surface area (Å²) in [5.74, 6) is 0.418. The van der Waals surface area contributed by atoms with Crippen molar-refractivity contribution in [2.45, 2.75) is 25.7 Å². The van der Waals surface area contributed by atoms with Crippen LogP contribution in [0.4, 0.5) is 11.4 Å². The molecule has 2 aliphatic rings. The second-order valence-corrected chi connectivity index (χ2v) is 8.15. The summed E-state index contributed by atoms with van der Waals surface area (Å²) in [6.07, 6.45) is 3.83.